The van der Waals surface area contributed by atoms with E-state index in [2.05, 4.69) is 0 Å². The summed E-state index contributed by atoms with van der Waals surface area (Å²) in [5, 5.41) is 8.50. The van der Waals surface area contributed by atoms with Crippen LogP contribution in [0.4, 0.5) is 0 Å². The zero-order valence-corrected chi connectivity index (χ0v) is 11.4. The third-order valence-electron chi connectivity index (χ3n) is 1.90. The second-order valence-corrected chi connectivity index (χ2v) is 4.13. The fraction of sp³-hybridized carbons (Fsp3) is 0.500. The van der Waals surface area contributed by atoms with E-state index in [9.17, 15) is 22.6 Å². The molecule has 1 fully saturated rings. The largest absolute Gasteiger partial charge is 1.00 e. The molecule has 0 N–H and O–H groups in total. The van der Waals surface area contributed by atoms with Crippen LogP contribution in [-0.4, -0.2) is 46.6 Å². The third kappa shape index (κ3) is 2.72. The molecular weight excluding hydrogens is 249 g/mol. The smallest absolute Gasteiger partial charge is 0.731 e. The first-order chi connectivity index (χ1) is 6.79. The van der Waals surface area contributed by atoms with Crippen molar-refractivity contribution < 1.29 is 52.1 Å². The van der Waals surface area contributed by atoms with E-state index in [1.807, 2.05) is 0 Å². The summed E-state index contributed by atoms with van der Waals surface area (Å²) in [7, 11) is -4.83. The van der Waals surface area contributed by atoms with Gasteiger partial charge in [-0.25, -0.2) is 17.6 Å². The van der Waals surface area contributed by atoms with Gasteiger partial charge in [-0.05, 0) is 0 Å². The molecule has 0 aliphatic carbocycles. The molecular formula is C6H6N3NaO5S. The van der Waals surface area contributed by atoms with Crippen molar-refractivity contribution in [1.29, 1.82) is 5.26 Å². The van der Waals surface area contributed by atoms with Gasteiger partial charge in [-0.2, -0.15) is 5.26 Å². The van der Waals surface area contributed by atoms with Crippen molar-refractivity contribution in [3.63, 3.8) is 0 Å². The minimum Gasteiger partial charge on any atom is -0.731 e. The Hall–Kier alpha value is -0.660. The molecule has 0 aromatic carbocycles. The molecule has 82 valence electrons. The number of carbonyl (C=O) groups is 2. The number of carbonyl (C=O) groups excluding carboxylic acids is 2. The van der Waals surface area contributed by atoms with E-state index in [0.717, 1.165) is 6.92 Å². The van der Waals surface area contributed by atoms with Gasteiger partial charge in [0.05, 0.1) is 6.54 Å². The molecule has 10 heteroatoms. The summed E-state index contributed by atoms with van der Waals surface area (Å²) in [6.07, 6.45) is 1.45. The Labute approximate surface area is 114 Å². The van der Waals surface area contributed by atoms with E-state index in [4.69, 9.17) is 5.26 Å². The van der Waals surface area contributed by atoms with Crippen LogP contribution in [0.1, 0.15) is 6.92 Å². The zero-order chi connectivity index (χ0) is 11.8. The first-order valence-corrected chi connectivity index (χ1v) is 5.12. The van der Waals surface area contributed by atoms with Gasteiger partial charge < -0.3 is 4.55 Å². The van der Waals surface area contributed by atoms with Gasteiger partial charge in [-0.15, -0.1) is 0 Å². The molecule has 16 heavy (non-hydrogen) atoms. The number of hydrogen-bond donors (Lipinski definition) is 0. The van der Waals surface area contributed by atoms with Crippen molar-refractivity contribution in [2.45, 2.75) is 13.0 Å². The van der Waals surface area contributed by atoms with Gasteiger partial charge in [-0.3, -0.25) is 9.59 Å². The van der Waals surface area contributed by atoms with Gasteiger partial charge >= 0.3 is 29.6 Å². The standard InChI is InChI=1S/C6H7N3O5S.Na/c1-4(10)8(3-7)5-2-9(6(5)11)15(12,13)14;/h5H,2H2,1H3,(H,12,13,14);/q;+1/p-1. The van der Waals surface area contributed by atoms with Crippen LogP contribution in [0.3, 0.4) is 0 Å². The van der Waals surface area contributed by atoms with Crippen LogP contribution in [0.5, 0.6) is 0 Å². The van der Waals surface area contributed by atoms with Crippen molar-refractivity contribution in [2.75, 3.05) is 6.54 Å². The Morgan fingerprint density at radius 3 is 2.44 bits per heavy atom. The maximum atomic E-state index is 11.1. The van der Waals surface area contributed by atoms with E-state index in [1.54, 1.807) is 0 Å². The van der Waals surface area contributed by atoms with Crippen LogP contribution in [0.2, 0.25) is 0 Å². The topological polar surface area (TPSA) is 122 Å². The van der Waals surface area contributed by atoms with Crippen LogP contribution in [0.25, 0.3) is 0 Å². The number of rotatable bonds is 2. The molecule has 0 aromatic heterocycles. The van der Waals surface area contributed by atoms with Gasteiger partial charge in [0, 0.05) is 6.92 Å². The second kappa shape index (κ2) is 5.11. The Bertz CT molecular complexity index is 455. The van der Waals surface area contributed by atoms with Crippen molar-refractivity contribution in [2.24, 2.45) is 0 Å². The molecule has 0 saturated carbocycles. The summed E-state index contributed by atoms with van der Waals surface area (Å²) in [5.41, 5.74) is 0. The van der Waals surface area contributed by atoms with Crippen molar-refractivity contribution >= 4 is 22.1 Å². The van der Waals surface area contributed by atoms with E-state index < -0.39 is 34.7 Å². The Morgan fingerprint density at radius 1 is 1.69 bits per heavy atom. The molecule has 0 spiro atoms. The molecule has 1 atom stereocenters. The number of amides is 2. The molecule has 0 bridgehead atoms. The average Bonchev–Trinajstić information content (AvgIpc) is 2.07. The summed E-state index contributed by atoms with van der Waals surface area (Å²) in [5.74, 6) is -1.74. The third-order valence-corrected chi connectivity index (χ3v) is 2.77. The molecule has 1 unspecified atom stereocenters. The predicted octanol–water partition coefficient (Wildman–Crippen LogP) is -5.01. The number of nitriles is 1. The number of β-lactam (4-membered cyclic amide) rings is 1. The monoisotopic (exact) mass is 255 g/mol. The van der Waals surface area contributed by atoms with Crippen LogP contribution in [0.15, 0.2) is 0 Å². The average molecular weight is 255 g/mol. The summed E-state index contributed by atoms with van der Waals surface area (Å²) < 4.78 is 31.3. The van der Waals surface area contributed by atoms with E-state index in [0.29, 0.717) is 4.90 Å². The van der Waals surface area contributed by atoms with Gasteiger partial charge in [0.2, 0.25) is 5.91 Å². The van der Waals surface area contributed by atoms with Gasteiger partial charge in [-0.1, -0.05) is 0 Å². The predicted molar refractivity (Wildman–Crippen MR) is 43.3 cm³/mol. The van der Waals surface area contributed by atoms with Crippen molar-refractivity contribution in [1.82, 2.24) is 9.21 Å². The summed E-state index contributed by atoms with van der Waals surface area (Å²) in [4.78, 5) is 22.5. The molecule has 1 rings (SSSR count). The fourth-order valence-electron chi connectivity index (χ4n) is 1.13. The first kappa shape index (κ1) is 15.3. The van der Waals surface area contributed by atoms with E-state index in [1.165, 1.54) is 6.19 Å². The van der Waals surface area contributed by atoms with Crippen molar-refractivity contribution in [3.05, 3.63) is 0 Å². The molecule has 0 radical (unpaired) electrons. The van der Waals surface area contributed by atoms with Gasteiger partial charge in [0.1, 0.15) is 6.04 Å². The van der Waals surface area contributed by atoms with Crippen molar-refractivity contribution in [3.8, 4) is 6.19 Å². The Balaban J connectivity index is 0.00000225. The van der Waals surface area contributed by atoms with E-state index >= 15 is 0 Å². The molecule has 1 heterocycles. The van der Waals surface area contributed by atoms with Gasteiger partial charge in [0.25, 0.3) is 5.91 Å². The summed E-state index contributed by atoms with van der Waals surface area (Å²) >= 11 is 0. The maximum absolute atomic E-state index is 11.1. The molecule has 2 amide bonds. The minimum absolute atomic E-state index is 0. The number of nitrogens with zero attached hydrogens (tertiary/aromatic N) is 3. The molecule has 1 saturated heterocycles. The fourth-order valence-corrected chi connectivity index (χ4v) is 1.80. The Kier molecular flexibility index (Phi) is 4.90. The van der Waals surface area contributed by atoms with Crippen LogP contribution < -0.4 is 29.6 Å². The zero-order valence-electron chi connectivity index (χ0n) is 8.58. The molecule has 1 aliphatic heterocycles. The SMILES string of the molecule is CC(=O)N(C#N)C1CN(S(=O)(=O)[O-])C1=O.[Na+]. The first-order valence-electron chi connectivity index (χ1n) is 3.76. The van der Waals surface area contributed by atoms with E-state index in [-0.39, 0.29) is 33.9 Å². The van der Waals surface area contributed by atoms with Gasteiger partial charge in [0.15, 0.2) is 16.5 Å². The van der Waals surface area contributed by atoms with Crippen LogP contribution in [0, 0.1) is 11.5 Å². The maximum Gasteiger partial charge on any atom is 1.00 e. The minimum atomic E-state index is -4.83. The molecule has 0 aromatic rings. The molecule has 1 aliphatic rings. The van der Waals surface area contributed by atoms with Crippen LogP contribution >= 0.6 is 0 Å². The number of hydrogen-bond acceptors (Lipinski definition) is 6. The Morgan fingerprint density at radius 2 is 2.19 bits per heavy atom. The molecule has 8 nitrogen and oxygen atoms in total. The normalized spacial score (nSPS) is 19.2. The second-order valence-electron chi connectivity index (χ2n) is 2.83. The van der Waals surface area contributed by atoms with Crippen LogP contribution in [-0.2, 0) is 19.9 Å². The summed E-state index contributed by atoms with van der Waals surface area (Å²) in [6, 6.07) is -1.17. The summed E-state index contributed by atoms with van der Waals surface area (Å²) in [6.45, 7) is 0.600. The quantitative estimate of drug-likeness (QED) is 0.160.